The number of fused-ring (bicyclic) bond motifs is 1. The van der Waals surface area contributed by atoms with Crippen LogP contribution in [0.3, 0.4) is 0 Å². The molecule has 0 saturated heterocycles. The van der Waals surface area contributed by atoms with Gasteiger partial charge in [0.1, 0.15) is 6.61 Å². The molecular formula is C23H25N3O6. The van der Waals surface area contributed by atoms with Crippen LogP contribution < -0.4 is 10.2 Å². The predicted molar refractivity (Wildman–Crippen MR) is 118 cm³/mol. The number of hydrogen-bond acceptors (Lipinski definition) is 7. The molecule has 0 saturated carbocycles. The molecule has 1 aliphatic rings. The molecule has 0 atom stereocenters. The van der Waals surface area contributed by atoms with Gasteiger partial charge in [-0.1, -0.05) is 24.8 Å². The van der Waals surface area contributed by atoms with E-state index in [0.29, 0.717) is 19.6 Å². The smallest absolute Gasteiger partial charge is 0.412 e. The van der Waals surface area contributed by atoms with Gasteiger partial charge in [0.2, 0.25) is 5.78 Å². The number of aromatic nitrogens is 1. The van der Waals surface area contributed by atoms with Crippen LogP contribution in [-0.4, -0.2) is 65.4 Å². The average molecular weight is 439 g/mol. The van der Waals surface area contributed by atoms with E-state index < -0.39 is 11.9 Å². The molecule has 0 aliphatic heterocycles. The predicted octanol–water partition coefficient (Wildman–Crippen LogP) is 1.50. The number of benzene rings is 1. The van der Waals surface area contributed by atoms with E-state index in [-0.39, 0.29) is 42.4 Å². The molecule has 0 fully saturated rings. The number of ether oxygens (including phenoxy) is 1. The summed E-state index contributed by atoms with van der Waals surface area (Å²) in [6.07, 6.45) is 4.84. The van der Waals surface area contributed by atoms with Crippen LogP contribution >= 0.6 is 0 Å². The first-order valence-corrected chi connectivity index (χ1v) is 10.1. The Kier molecular flexibility index (Phi) is 7.58. The first kappa shape index (κ1) is 23.0. The minimum absolute atomic E-state index is 0.0145. The summed E-state index contributed by atoms with van der Waals surface area (Å²) in [5.41, 5.74) is 2.16. The average Bonchev–Trinajstić information content (AvgIpc) is 3.21. The fourth-order valence-corrected chi connectivity index (χ4v) is 3.40. The minimum Gasteiger partial charge on any atom is -0.445 e. The number of aliphatic hydroxyl groups excluding tert-OH is 2. The molecule has 2 aromatic rings. The van der Waals surface area contributed by atoms with E-state index in [2.05, 4.69) is 11.9 Å². The standard InChI is InChI=1S/C23H25N3O6/c1-2-11-32-23(31)24-20-12-21(29)18-14-25(15-19(18)22(20)30)13-16-3-5-17(6-4-16)26(7-9-27)8-10-28/h2-6,12,14-15,27-28H,1,7-11,13H2,(H,24,31). The lowest BCUT2D eigenvalue weighted by molar-refractivity contribution is 0.0975. The number of ketones is 2. The van der Waals surface area contributed by atoms with E-state index >= 15 is 0 Å². The van der Waals surface area contributed by atoms with Crippen LogP contribution in [0.1, 0.15) is 26.3 Å². The highest BCUT2D eigenvalue weighted by molar-refractivity contribution is 6.25. The Balaban J connectivity index is 1.72. The molecule has 1 amide bonds. The summed E-state index contributed by atoms with van der Waals surface area (Å²) in [6.45, 7) is 4.65. The molecule has 1 aromatic carbocycles. The van der Waals surface area contributed by atoms with Crippen molar-refractivity contribution in [3.05, 3.63) is 77.8 Å². The number of nitrogens with one attached hydrogen (secondary N) is 1. The first-order valence-electron chi connectivity index (χ1n) is 10.1. The van der Waals surface area contributed by atoms with Crippen LogP contribution in [0.4, 0.5) is 10.5 Å². The molecule has 1 aromatic heterocycles. The molecular weight excluding hydrogens is 414 g/mol. The number of rotatable bonds is 10. The van der Waals surface area contributed by atoms with Crippen molar-refractivity contribution >= 4 is 23.3 Å². The molecule has 0 spiro atoms. The zero-order chi connectivity index (χ0) is 23.1. The molecule has 0 unspecified atom stereocenters. The maximum atomic E-state index is 12.7. The van der Waals surface area contributed by atoms with Crippen LogP contribution in [0.25, 0.3) is 0 Å². The fourth-order valence-electron chi connectivity index (χ4n) is 3.40. The third-order valence-corrected chi connectivity index (χ3v) is 4.89. The number of nitrogens with zero attached hydrogens (tertiary/aromatic N) is 2. The number of carbonyl (C=O) groups is 3. The number of anilines is 1. The Bertz CT molecular complexity index is 1030. The lowest BCUT2D eigenvalue weighted by atomic mass is 9.97. The maximum Gasteiger partial charge on any atom is 0.412 e. The Morgan fingerprint density at radius 3 is 2.38 bits per heavy atom. The largest absolute Gasteiger partial charge is 0.445 e. The van der Waals surface area contributed by atoms with Gasteiger partial charge in [-0.15, -0.1) is 0 Å². The fraction of sp³-hybridized carbons (Fsp3) is 0.261. The third-order valence-electron chi connectivity index (χ3n) is 4.89. The van der Waals surface area contributed by atoms with Crippen molar-refractivity contribution in [2.24, 2.45) is 0 Å². The van der Waals surface area contributed by atoms with Crippen molar-refractivity contribution in [2.75, 3.05) is 37.8 Å². The van der Waals surface area contributed by atoms with Gasteiger partial charge in [-0.25, -0.2) is 4.79 Å². The monoisotopic (exact) mass is 439 g/mol. The molecule has 0 bridgehead atoms. The molecule has 9 heteroatoms. The molecule has 168 valence electrons. The van der Waals surface area contributed by atoms with Gasteiger partial charge in [0.05, 0.1) is 30.0 Å². The van der Waals surface area contributed by atoms with Crippen LogP contribution in [-0.2, 0) is 11.3 Å². The van der Waals surface area contributed by atoms with Crippen LogP contribution in [0.15, 0.2) is 61.1 Å². The van der Waals surface area contributed by atoms with Crippen LogP contribution in [0.5, 0.6) is 0 Å². The molecule has 32 heavy (non-hydrogen) atoms. The summed E-state index contributed by atoms with van der Waals surface area (Å²) in [6, 6.07) is 7.58. The minimum atomic E-state index is -0.836. The Morgan fingerprint density at radius 1 is 1.09 bits per heavy atom. The van der Waals surface area contributed by atoms with Gasteiger partial charge in [0.15, 0.2) is 5.78 Å². The normalized spacial score (nSPS) is 12.8. The molecule has 1 heterocycles. The molecule has 1 aliphatic carbocycles. The second-order valence-corrected chi connectivity index (χ2v) is 7.12. The van der Waals surface area contributed by atoms with Gasteiger partial charge in [-0.05, 0) is 17.7 Å². The Labute approximate surface area is 185 Å². The van der Waals surface area contributed by atoms with E-state index in [9.17, 15) is 24.6 Å². The van der Waals surface area contributed by atoms with Gasteiger partial charge < -0.3 is 24.4 Å². The van der Waals surface area contributed by atoms with Crippen molar-refractivity contribution < 1.29 is 29.3 Å². The van der Waals surface area contributed by atoms with Crippen LogP contribution in [0, 0.1) is 0 Å². The number of alkyl carbamates (subject to hydrolysis) is 1. The van der Waals surface area contributed by atoms with Gasteiger partial charge in [0, 0.05) is 43.8 Å². The highest BCUT2D eigenvalue weighted by Crippen LogP contribution is 2.23. The van der Waals surface area contributed by atoms with Gasteiger partial charge >= 0.3 is 6.09 Å². The zero-order valence-corrected chi connectivity index (χ0v) is 17.5. The summed E-state index contributed by atoms with van der Waals surface area (Å²) < 4.78 is 6.54. The van der Waals surface area contributed by atoms with Crippen molar-refractivity contribution in [2.45, 2.75) is 6.54 Å². The molecule has 0 radical (unpaired) electrons. The van der Waals surface area contributed by atoms with E-state index in [0.717, 1.165) is 17.3 Å². The van der Waals surface area contributed by atoms with E-state index in [1.54, 1.807) is 17.0 Å². The van der Waals surface area contributed by atoms with Crippen molar-refractivity contribution in [1.82, 2.24) is 9.88 Å². The Morgan fingerprint density at radius 2 is 1.75 bits per heavy atom. The Hall–Kier alpha value is -3.69. The summed E-state index contributed by atoms with van der Waals surface area (Å²) in [4.78, 5) is 38.7. The van der Waals surface area contributed by atoms with Crippen molar-refractivity contribution in [3.63, 3.8) is 0 Å². The SMILES string of the molecule is C=CCOC(=O)NC1=CC(=O)c2cn(Cc3ccc(N(CCO)CCO)cc3)cc2C1=O. The highest BCUT2D eigenvalue weighted by Gasteiger charge is 2.28. The van der Waals surface area contributed by atoms with Crippen molar-refractivity contribution in [1.29, 1.82) is 0 Å². The third kappa shape index (κ3) is 5.32. The van der Waals surface area contributed by atoms with Gasteiger partial charge in [-0.3, -0.25) is 14.9 Å². The summed E-state index contributed by atoms with van der Waals surface area (Å²) >= 11 is 0. The molecule has 3 N–H and O–H groups in total. The van der Waals surface area contributed by atoms with Gasteiger partial charge in [0.25, 0.3) is 0 Å². The number of carbonyl (C=O) groups excluding carboxylic acids is 3. The number of aliphatic hydroxyl groups is 2. The first-order chi connectivity index (χ1) is 15.5. The second-order valence-electron chi connectivity index (χ2n) is 7.12. The second kappa shape index (κ2) is 10.6. The number of amides is 1. The lowest BCUT2D eigenvalue weighted by Crippen LogP contribution is -2.31. The number of allylic oxidation sites excluding steroid dienone is 2. The van der Waals surface area contributed by atoms with E-state index in [1.165, 1.54) is 6.08 Å². The summed E-state index contributed by atoms with van der Waals surface area (Å²) in [7, 11) is 0. The van der Waals surface area contributed by atoms with Gasteiger partial charge in [-0.2, -0.15) is 0 Å². The molecule has 9 nitrogen and oxygen atoms in total. The molecule has 3 rings (SSSR count). The zero-order valence-electron chi connectivity index (χ0n) is 17.5. The lowest BCUT2D eigenvalue weighted by Gasteiger charge is -2.23. The number of Topliss-reactive ketones (excluding diaryl/α,β-unsaturated/α-hetero) is 1. The topological polar surface area (TPSA) is 121 Å². The number of hydrogen-bond donors (Lipinski definition) is 3. The summed E-state index contributed by atoms with van der Waals surface area (Å²) in [5, 5.41) is 20.7. The quantitative estimate of drug-likeness (QED) is 0.480. The van der Waals surface area contributed by atoms with E-state index in [1.807, 2.05) is 29.2 Å². The maximum absolute atomic E-state index is 12.7. The van der Waals surface area contributed by atoms with Crippen LogP contribution in [0.2, 0.25) is 0 Å². The van der Waals surface area contributed by atoms with E-state index in [4.69, 9.17) is 4.74 Å². The summed E-state index contributed by atoms with van der Waals surface area (Å²) in [5.74, 6) is -0.843. The highest BCUT2D eigenvalue weighted by atomic mass is 16.5. The van der Waals surface area contributed by atoms with Crippen molar-refractivity contribution in [3.8, 4) is 0 Å².